The third-order valence-corrected chi connectivity index (χ3v) is 4.74. The lowest BCUT2D eigenvalue weighted by atomic mass is 10.2. The standard InChI is InChI=1S/C15H20FN5OS/c1-9(20(3)4)14-18-19-15(23-10(2)13(17)22)21(14)12-7-5-11(16)6-8-12/h5-10H,1-4H3,(H2,17,22)/p+1/t9-,10-/m1/s1. The van der Waals surface area contributed by atoms with Crippen LogP contribution in [0.15, 0.2) is 29.4 Å². The Labute approximate surface area is 138 Å². The monoisotopic (exact) mass is 338 g/mol. The molecule has 124 valence electrons. The first-order valence-corrected chi connectivity index (χ1v) is 8.16. The summed E-state index contributed by atoms with van der Waals surface area (Å²) in [4.78, 5) is 12.5. The Hall–Kier alpha value is -1.93. The van der Waals surface area contributed by atoms with Gasteiger partial charge in [-0.2, -0.15) is 0 Å². The Morgan fingerprint density at radius 1 is 1.26 bits per heavy atom. The molecule has 0 bridgehead atoms. The molecule has 8 heteroatoms. The van der Waals surface area contributed by atoms with E-state index < -0.39 is 11.2 Å². The summed E-state index contributed by atoms with van der Waals surface area (Å²) in [5, 5.41) is 8.60. The number of thioether (sulfide) groups is 1. The molecule has 0 spiro atoms. The van der Waals surface area contributed by atoms with Gasteiger partial charge in [0.05, 0.1) is 19.3 Å². The second-order valence-electron chi connectivity index (χ2n) is 5.61. The van der Waals surface area contributed by atoms with Gasteiger partial charge in [0.25, 0.3) is 0 Å². The largest absolute Gasteiger partial charge is 0.369 e. The van der Waals surface area contributed by atoms with Crippen LogP contribution in [-0.2, 0) is 4.79 Å². The molecule has 0 radical (unpaired) electrons. The number of hydrogen-bond acceptors (Lipinski definition) is 4. The summed E-state index contributed by atoms with van der Waals surface area (Å²) in [5.74, 6) is 0.0154. The van der Waals surface area contributed by atoms with Crippen LogP contribution in [0.25, 0.3) is 5.69 Å². The minimum atomic E-state index is -0.437. The van der Waals surface area contributed by atoms with Gasteiger partial charge in [0.15, 0.2) is 11.0 Å². The van der Waals surface area contributed by atoms with E-state index in [-0.39, 0.29) is 11.9 Å². The lowest BCUT2D eigenvalue weighted by Crippen LogP contribution is -3.05. The molecule has 23 heavy (non-hydrogen) atoms. The van der Waals surface area contributed by atoms with Crippen molar-refractivity contribution in [2.45, 2.75) is 30.3 Å². The predicted octanol–water partition coefficient (Wildman–Crippen LogP) is 0.578. The van der Waals surface area contributed by atoms with Gasteiger partial charge in [-0.05, 0) is 38.1 Å². The van der Waals surface area contributed by atoms with Crippen molar-refractivity contribution in [3.05, 3.63) is 35.9 Å². The van der Waals surface area contributed by atoms with Crippen LogP contribution in [0.2, 0.25) is 0 Å². The fourth-order valence-electron chi connectivity index (χ4n) is 1.95. The van der Waals surface area contributed by atoms with Gasteiger partial charge in [0.1, 0.15) is 11.9 Å². The van der Waals surface area contributed by atoms with Crippen LogP contribution >= 0.6 is 11.8 Å². The number of quaternary nitrogens is 1. The van der Waals surface area contributed by atoms with E-state index in [1.807, 2.05) is 25.6 Å². The molecule has 0 saturated carbocycles. The van der Waals surface area contributed by atoms with Crippen LogP contribution in [-0.4, -0.2) is 40.0 Å². The van der Waals surface area contributed by atoms with Crippen LogP contribution in [0.5, 0.6) is 0 Å². The van der Waals surface area contributed by atoms with Gasteiger partial charge in [-0.3, -0.25) is 9.36 Å². The van der Waals surface area contributed by atoms with E-state index in [1.165, 1.54) is 28.8 Å². The van der Waals surface area contributed by atoms with E-state index in [0.717, 1.165) is 11.5 Å². The molecule has 0 unspecified atom stereocenters. The number of halogens is 1. The molecular formula is C15H21FN5OS+. The molecule has 2 atom stereocenters. The van der Waals surface area contributed by atoms with Gasteiger partial charge in [-0.1, -0.05) is 11.8 Å². The van der Waals surface area contributed by atoms with Crippen molar-refractivity contribution in [1.82, 2.24) is 14.8 Å². The fraction of sp³-hybridized carbons (Fsp3) is 0.400. The van der Waals surface area contributed by atoms with Crippen molar-refractivity contribution in [3.63, 3.8) is 0 Å². The molecule has 0 saturated heterocycles. The summed E-state index contributed by atoms with van der Waals surface area (Å²) >= 11 is 1.24. The minimum absolute atomic E-state index is 0.0748. The number of rotatable bonds is 6. The number of aromatic nitrogens is 3. The molecule has 1 heterocycles. The lowest BCUT2D eigenvalue weighted by Gasteiger charge is -2.18. The summed E-state index contributed by atoms with van der Waals surface area (Å²) in [5.41, 5.74) is 6.09. The van der Waals surface area contributed by atoms with Gasteiger partial charge < -0.3 is 10.6 Å². The Kier molecular flexibility index (Phi) is 5.38. The van der Waals surface area contributed by atoms with Gasteiger partial charge in [-0.15, -0.1) is 10.2 Å². The highest BCUT2D eigenvalue weighted by atomic mass is 32.2. The highest BCUT2D eigenvalue weighted by Gasteiger charge is 2.25. The minimum Gasteiger partial charge on any atom is -0.369 e. The average Bonchev–Trinajstić information content (AvgIpc) is 2.90. The molecule has 0 aliphatic carbocycles. The third-order valence-electron chi connectivity index (χ3n) is 3.68. The molecule has 2 rings (SSSR count). The second kappa shape index (κ2) is 7.10. The summed E-state index contributed by atoms with van der Waals surface area (Å²) in [7, 11) is 4.04. The van der Waals surface area contributed by atoms with E-state index in [1.54, 1.807) is 19.1 Å². The second-order valence-corrected chi connectivity index (χ2v) is 6.92. The van der Waals surface area contributed by atoms with E-state index in [9.17, 15) is 9.18 Å². The molecule has 1 amide bonds. The summed E-state index contributed by atoms with van der Waals surface area (Å²) in [6.45, 7) is 3.75. The van der Waals surface area contributed by atoms with Gasteiger partial charge in [-0.25, -0.2) is 4.39 Å². The summed E-state index contributed by atoms with van der Waals surface area (Å²) in [6, 6.07) is 6.18. The number of amides is 1. The van der Waals surface area contributed by atoms with Crippen LogP contribution in [0.4, 0.5) is 4.39 Å². The zero-order valence-corrected chi connectivity index (χ0v) is 14.4. The van der Waals surface area contributed by atoms with Crippen molar-refractivity contribution in [1.29, 1.82) is 0 Å². The van der Waals surface area contributed by atoms with E-state index >= 15 is 0 Å². The van der Waals surface area contributed by atoms with E-state index in [2.05, 4.69) is 10.2 Å². The first-order valence-electron chi connectivity index (χ1n) is 7.28. The van der Waals surface area contributed by atoms with Crippen LogP contribution < -0.4 is 10.6 Å². The number of carbonyl (C=O) groups is 1. The zero-order chi connectivity index (χ0) is 17.1. The maximum Gasteiger partial charge on any atom is 0.230 e. The first-order chi connectivity index (χ1) is 10.8. The third kappa shape index (κ3) is 3.89. The van der Waals surface area contributed by atoms with Crippen molar-refractivity contribution in [2.75, 3.05) is 14.1 Å². The van der Waals surface area contributed by atoms with Crippen molar-refractivity contribution in [2.24, 2.45) is 5.73 Å². The van der Waals surface area contributed by atoms with Gasteiger partial charge in [0.2, 0.25) is 5.91 Å². The maximum atomic E-state index is 13.2. The molecule has 3 N–H and O–H groups in total. The Morgan fingerprint density at radius 2 is 1.87 bits per heavy atom. The summed E-state index contributed by atoms with van der Waals surface area (Å²) in [6.07, 6.45) is 0. The average molecular weight is 338 g/mol. The van der Waals surface area contributed by atoms with Crippen molar-refractivity contribution >= 4 is 17.7 Å². The number of carbonyl (C=O) groups excluding carboxylic acids is 1. The topological polar surface area (TPSA) is 78.2 Å². The number of nitrogens with zero attached hydrogens (tertiary/aromatic N) is 3. The van der Waals surface area contributed by atoms with E-state index in [4.69, 9.17) is 5.73 Å². The Morgan fingerprint density at radius 3 is 2.39 bits per heavy atom. The lowest BCUT2D eigenvalue weighted by molar-refractivity contribution is -0.890. The van der Waals surface area contributed by atoms with Crippen LogP contribution in [0, 0.1) is 5.82 Å². The fourth-order valence-corrected chi connectivity index (χ4v) is 2.77. The maximum absolute atomic E-state index is 13.2. The molecule has 0 aliphatic heterocycles. The number of primary amides is 1. The first kappa shape index (κ1) is 17.4. The Bertz CT molecular complexity index is 686. The molecule has 2 aromatic rings. The molecular weight excluding hydrogens is 317 g/mol. The van der Waals surface area contributed by atoms with Crippen molar-refractivity contribution < 1.29 is 14.1 Å². The normalized spacial score (nSPS) is 14.0. The Balaban J connectivity index is 2.51. The molecule has 1 aromatic carbocycles. The highest BCUT2D eigenvalue weighted by molar-refractivity contribution is 8.00. The SMILES string of the molecule is C[C@H](c1nnc(S[C@H](C)C(N)=O)n1-c1ccc(F)cc1)[NH+](C)C. The zero-order valence-electron chi connectivity index (χ0n) is 13.6. The molecule has 6 nitrogen and oxygen atoms in total. The molecule has 0 aliphatic rings. The highest BCUT2D eigenvalue weighted by Crippen LogP contribution is 2.27. The van der Waals surface area contributed by atoms with E-state index in [0.29, 0.717) is 5.16 Å². The van der Waals surface area contributed by atoms with Crippen LogP contribution in [0.3, 0.4) is 0 Å². The summed E-state index contributed by atoms with van der Waals surface area (Å²) < 4.78 is 15.1. The number of benzene rings is 1. The van der Waals surface area contributed by atoms with Gasteiger partial charge >= 0.3 is 0 Å². The van der Waals surface area contributed by atoms with Gasteiger partial charge in [0, 0.05) is 5.69 Å². The number of hydrogen-bond donors (Lipinski definition) is 2. The smallest absolute Gasteiger partial charge is 0.230 e. The van der Waals surface area contributed by atoms with Crippen LogP contribution in [0.1, 0.15) is 25.7 Å². The molecule has 0 fully saturated rings. The molecule has 1 aromatic heterocycles. The number of nitrogens with one attached hydrogen (secondary N) is 1. The number of nitrogens with two attached hydrogens (primary N) is 1. The predicted molar refractivity (Wildman–Crippen MR) is 87.1 cm³/mol. The quantitative estimate of drug-likeness (QED) is 0.755. The van der Waals surface area contributed by atoms with Crippen molar-refractivity contribution in [3.8, 4) is 5.69 Å².